The monoisotopic (exact) mass is 292 g/mol. The van der Waals surface area contributed by atoms with Crippen molar-refractivity contribution in [1.29, 1.82) is 0 Å². The van der Waals surface area contributed by atoms with Crippen molar-refractivity contribution in [2.24, 2.45) is 0 Å². The predicted octanol–water partition coefficient (Wildman–Crippen LogP) is 2.93. The molecule has 19 heavy (non-hydrogen) atoms. The first-order chi connectivity index (χ1) is 9.28. The number of amides is 1. The quantitative estimate of drug-likeness (QED) is 0.798. The molecule has 0 saturated heterocycles. The number of fused-ring (bicyclic) bond motifs is 1. The Kier molecular flexibility index (Phi) is 3.53. The van der Waals surface area contributed by atoms with E-state index in [1.54, 1.807) is 16.2 Å². The van der Waals surface area contributed by atoms with Gasteiger partial charge in [-0.25, -0.2) is 4.98 Å². The van der Waals surface area contributed by atoms with Crippen LogP contribution in [0.2, 0.25) is 0 Å². The van der Waals surface area contributed by atoms with Crippen molar-refractivity contribution in [2.75, 3.05) is 12.4 Å². The van der Waals surface area contributed by atoms with Crippen LogP contribution in [0.3, 0.4) is 0 Å². The molecule has 0 atom stereocenters. The smallest absolute Gasteiger partial charge is 0.237 e. The highest BCUT2D eigenvalue weighted by Gasteiger charge is 2.23. The maximum atomic E-state index is 11.6. The van der Waals surface area contributed by atoms with Crippen LogP contribution < -0.4 is 0 Å². The Balaban J connectivity index is 1.87. The van der Waals surface area contributed by atoms with Gasteiger partial charge >= 0.3 is 0 Å². The highest BCUT2D eigenvalue weighted by atomic mass is 35.5. The van der Waals surface area contributed by atoms with E-state index < -0.39 is 0 Å². The van der Waals surface area contributed by atoms with E-state index in [2.05, 4.69) is 17.1 Å². The van der Waals surface area contributed by atoms with Gasteiger partial charge in [0.2, 0.25) is 5.91 Å². The predicted molar refractivity (Wildman–Crippen MR) is 77.4 cm³/mol. The number of benzene rings is 1. The Morgan fingerprint density at radius 1 is 1.37 bits per heavy atom. The molecular weight excluding hydrogens is 280 g/mol. The minimum atomic E-state index is -0.0124. The molecule has 0 radical (unpaired) electrons. The number of thiazole rings is 1. The number of rotatable bonds is 2. The third-order valence-corrected chi connectivity index (χ3v) is 4.65. The number of carbonyl (C=O) groups excluding carboxylic acids is 1. The number of carbonyl (C=O) groups is 1. The number of hydrogen-bond acceptors (Lipinski definition) is 3. The fourth-order valence-corrected chi connectivity index (χ4v) is 3.43. The van der Waals surface area contributed by atoms with E-state index in [9.17, 15) is 4.79 Å². The van der Waals surface area contributed by atoms with Crippen molar-refractivity contribution in [2.45, 2.75) is 13.0 Å². The van der Waals surface area contributed by atoms with Crippen LogP contribution in [-0.4, -0.2) is 28.2 Å². The third-order valence-electron chi connectivity index (χ3n) is 3.22. The van der Waals surface area contributed by atoms with E-state index in [4.69, 9.17) is 11.6 Å². The highest BCUT2D eigenvalue weighted by molar-refractivity contribution is 7.15. The number of alkyl halides is 1. The molecule has 1 aromatic heterocycles. The van der Waals surface area contributed by atoms with Crippen LogP contribution in [0.25, 0.3) is 10.6 Å². The first-order valence-corrected chi connectivity index (χ1v) is 7.51. The molecule has 1 aromatic carbocycles. The summed E-state index contributed by atoms with van der Waals surface area (Å²) in [6.07, 6.45) is 0.877. The summed E-state index contributed by atoms with van der Waals surface area (Å²) in [5.41, 5.74) is 2.16. The molecule has 3 rings (SSSR count). The van der Waals surface area contributed by atoms with Gasteiger partial charge in [0.05, 0.1) is 12.2 Å². The second-order valence-corrected chi connectivity index (χ2v) is 5.80. The Labute approximate surface area is 120 Å². The average molecular weight is 293 g/mol. The van der Waals surface area contributed by atoms with Crippen LogP contribution in [0.4, 0.5) is 0 Å². The van der Waals surface area contributed by atoms with E-state index in [0.717, 1.165) is 29.2 Å². The van der Waals surface area contributed by atoms with Crippen LogP contribution in [0.1, 0.15) is 10.6 Å². The molecule has 1 aliphatic rings. The minimum absolute atomic E-state index is 0.0124. The molecular formula is C14H13ClN2OS. The highest BCUT2D eigenvalue weighted by Crippen LogP contribution is 2.31. The van der Waals surface area contributed by atoms with Gasteiger partial charge in [0.1, 0.15) is 10.9 Å². The molecule has 98 valence electrons. The average Bonchev–Trinajstić information content (AvgIpc) is 2.90. The standard InChI is InChI=1S/C14H13ClN2OS/c15-8-13(18)17-7-6-12-11(9-17)16-14(19-12)10-4-2-1-3-5-10/h1-5H,6-9H2. The maximum Gasteiger partial charge on any atom is 0.237 e. The molecule has 1 aliphatic heterocycles. The molecule has 1 amide bonds. The SMILES string of the molecule is O=C(CCl)N1CCc2sc(-c3ccccc3)nc2C1. The van der Waals surface area contributed by atoms with Gasteiger partial charge in [-0.1, -0.05) is 30.3 Å². The molecule has 2 aromatic rings. The van der Waals surface area contributed by atoms with Gasteiger partial charge in [-0.15, -0.1) is 22.9 Å². The molecule has 0 unspecified atom stereocenters. The first-order valence-electron chi connectivity index (χ1n) is 6.15. The largest absolute Gasteiger partial charge is 0.335 e. The fraction of sp³-hybridized carbons (Fsp3) is 0.286. The normalized spacial score (nSPS) is 14.3. The molecule has 2 heterocycles. The van der Waals surface area contributed by atoms with E-state index in [0.29, 0.717) is 6.54 Å². The minimum Gasteiger partial charge on any atom is -0.335 e. The van der Waals surface area contributed by atoms with Crippen LogP contribution >= 0.6 is 22.9 Å². The Morgan fingerprint density at radius 3 is 2.89 bits per heavy atom. The lowest BCUT2D eigenvalue weighted by atomic mass is 10.2. The second-order valence-electron chi connectivity index (χ2n) is 4.45. The maximum absolute atomic E-state index is 11.6. The zero-order valence-electron chi connectivity index (χ0n) is 10.3. The number of hydrogen-bond donors (Lipinski definition) is 0. The van der Waals surface area contributed by atoms with E-state index in [-0.39, 0.29) is 11.8 Å². The van der Waals surface area contributed by atoms with Crippen molar-refractivity contribution in [3.05, 3.63) is 40.9 Å². The van der Waals surface area contributed by atoms with Crippen molar-refractivity contribution in [3.63, 3.8) is 0 Å². The molecule has 0 saturated carbocycles. The van der Waals surface area contributed by atoms with Gasteiger partial charge in [0, 0.05) is 23.4 Å². The summed E-state index contributed by atoms with van der Waals surface area (Å²) in [6, 6.07) is 10.1. The number of nitrogens with zero attached hydrogens (tertiary/aromatic N) is 2. The second kappa shape index (κ2) is 5.31. The molecule has 0 N–H and O–H groups in total. The van der Waals surface area contributed by atoms with Crippen LogP contribution in [0.15, 0.2) is 30.3 Å². The summed E-state index contributed by atoms with van der Waals surface area (Å²) >= 11 is 7.33. The van der Waals surface area contributed by atoms with Gasteiger partial charge < -0.3 is 4.90 Å². The molecule has 3 nitrogen and oxygen atoms in total. The Morgan fingerprint density at radius 2 is 2.16 bits per heavy atom. The fourth-order valence-electron chi connectivity index (χ4n) is 2.20. The summed E-state index contributed by atoms with van der Waals surface area (Å²) in [7, 11) is 0. The van der Waals surface area contributed by atoms with Crippen LogP contribution in [0.5, 0.6) is 0 Å². The van der Waals surface area contributed by atoms with Gasteiger partial charge in [-0.05, 0) is 0 Å². The lowest BCUT2D eigenvalue weighted by Crippen LogP contribution is -2.36. The summed E-state index contributed by atoms with van der Waals surface area (Å²) in [4.78, 5) is 19.4. The van der Waals surface area contributed by atoms with E-state index in [1.807, 2.05) is 18.2 Å². The van der Waals surface area contributed by atoms with Gasteiger partial charge in [-0.3, -0.25) is 4.79 Å². The third kappa shape index (κ3) is 2.51. The molecule has 0 bridgehead atoms. The van der Waals surface area contributed by atoms with Crippen LogP contribution in [0, 0.1) is 0 Å². The Hall–Kier alpha value is -1.39. The van der Waals surface area contributed by atoms with Crippen molar-refractivity contribution in [3.8, 4) is 10.6 Å². The number of halogens is 1. The summed E-state index contributed by atoms with van der Waals surface area (Å²) in [5.74, 6) is 0.0342. The summed E-state index contributed by atoms with van der Waals surface area (Å²) in [5, 5.41) is 1.03. The van der Waals surface area contributed by atoms with E-state index in [1.165, 1.54) is 4.88 Å². The summed E-state index contributed by atoms with van der Waals surface area (Å²) in [6.45, 7) is 1.33. The Bertz CT molecular complexity index is 597. The first kappa shape index (κ1) is 12.6. The number of aromatic nitrogens is 1. The van der Waals surface area contributed by atoms with Crippen molar-refractivity contribution >= 4 is 28.8 Å². The summed E-state index contributed by atoms with van der Waals surface area (Å²) < 4.78 is 0. The van der Waals surface area contributed by atoms with Gasteiger partial charge in [-0.2, -0.15) is 0 Å². The molecule has 5 heteroatoms. The zero-order chi connectivity index (χ0) is 13.2. The zero-order valence-corrected chi connectivity index (χ0v) is 11.9. The van der Waals surface area contributed by atoms with E-state index >= 15 is 0 Å². The van der Waals surface area contributed by atoms with Crippen LogP contribution in [-0.2, 0) is 17.8 Å². The molecule has 0 spiro atoms. The van der Waals surface area contributed by atoms with Gasteiger partial charge in [0.25, 0.3) is 0 Å². The van der Waals surface area contributed by atoms with Gasteiger partial charge in [0.15, 0.2) is 0 Å². The molecule has 0 fully saturated rings. The molecule has 0 aliphatic carbocycles. The topological polar surface area (TPSA) is 33.2 Å². The van der Waals surface area contributed by atoms with Crippen molar-refractivity contribution < 1.29 is 4.79 Å². The van der Waals surface area contributed by atoms with Crippen molar-refractivity contribution in [1.82, 2.24) is 9.88 Å². The lowest BCUT2D eigenvalue weighted by molar-refractivity contribution is -0.129. The lowest BCUT2D eigenvalue weighted by Gasteiger charge is -2.25.